The summed E-state index contributed by atoms with van der Waals surface area (Å²) in [5.74, 6) is 4.83. The third kappa shape index (κ3) is 17.1. The van der Waals surface area contributed by atoms with E-state index in [1.165, 1.54) is 109 Å². The zero-order valence-electron chi connectivity index (χ0n) is 41.8. The van der Waals surface area contributed by atoms with Crippen LogP contribution in [0.5, 0.6) is 0 Å². The number of hydrogen-bond donors (Lipinski definition) is 3. The van der Waals surface area contributed by atoms with Crippen molar-refractivity contribution >= 4 is 17.9 Å². The molecule has 3 saturated carbocycles. The molecule has 8 nitrogen and oxygen atoms in total. The van der Waals surface area contributed by atoms with Crippen LogP contribution in [-0.2, 0) is 14.3 Å². The molecule has 4 aliphatic rings. The molecule has 8 heteroatoms. The van der Waals surface area contributed by atoms with E-state index in [0.29, 0.717) is 50.9 Å². The van der Waals surface area contributed by atoms with Crippen molar-refractivity contribution in [1.29, 1.82) is 0 Å². The van der Waals surface area contributed by atoms with Gasteiger partial charge in [-0.2, -0.15) is 0 Å². The van der Waals surface area contributed by atoms with Crippen molar-refractivity contribution in [1.82, 2.24) is 15.5 Å². The van der Waals surface area contributed by atoms with Crippen molar-refractivity contribution in [3.8, 4) is 0 Å². The fraction of sp³-hybridized carbons (Fsp3) is 0.873. The second-order valence-electron chi connectivity index (χ2n) is 21.8. The molecular weight excluding hydrogens is 781 g/mol. The van der Waals surface area contributed by atoms with E-state index in [0.717, 1.165) is 86.9 Å². The summed E-state index contributed by atoms with van der Waals surface area (Å²) in [5.41, 5.74) is 7.89. The van der Waals surface area contributed by atoms with Crippen molar-refractivity contribution < 1.29 is 19.1 Å². The lowest BCUT2D eigenvalue weighted by Gasteiger charge is -2.58. The number of unbranched alkanes of at least 4 members (excludes halogenated alkanes) is 12. The Kier molecular flexibility index (Phi) is 24.2. The van der Waals surface area contributed by atoms with E-state index in [4.69, 9.17) is 10.5 Å². The van der Waals surface area contributed by atoms with E-state index in [1.807, 2.05) is 0 Å². The number of nitrogens with two attached hydrogens (primary N) is 1. The largest absolute Gasteiger partial charge is 0.446 e. The number of carbonyl (C=O) groups is 3. The lowest BCUT2D eigenvalue weighted by Crippen LogP contribution is -2.51. The number of carbonyl (C=O) groups excluding carboxylic acids is 3. The van der Waals surface area contributed by atoms with Crippen molar-refractivity contribution in [2.45, 2.75) is 227 Å². The second kappa shape index (κ2) is 28.6. The normalized spacial score (nSPS) is 27.0. The number of alkyl carbamates (subject to hydrolysis) is 1. The van der Waals surface area contributed by atoms with Gasteiger partial charge in [-0.1, -0.05) is 136 Å². The number of nitrogens with zero attached hydrogens (tertiary/aromatic N) is 1. The molecule has 8 atom stereocenters. The molecule has 3 fully saturated rings. The number of hydrogen-bond acceptors (Lipinski definition) is 5. The molecule has 0 radical (unpaired) electrons. The highest BCUT2D eigenvalue weighted by atomic mass is 16.6. The molecular formula is C55H98N4O4. The third-order valence-electron chi connectivity index (χ3n) is 16.7. The van der Waals surface area contributed by atoms with E-state index in [9.17, 15) is 14.4 Å². The maximum Gasteiger partial charge on any atom is 0.407 e. The highest BCUT2D eigenvalue weighted by molar-refractivity contribution is 5.84. The van der Waals surface area contributed by atoms with E-state index in [1.54, 1.807) is 10.5 Å². The first kappa shape index (κ1) is 53.3. The van der Waals surface area contributed by atoms with Crippen molar-refractivity contribution in [3.05, 3.63) is 23.8 Å². The molecule has 3 amide bonds. The van der Waals surface area contributed by atoms with Gasteiger partial charge in [-0.15, -0.1) is 0 Å². The monoisotopic (exact) mass is 879 g/mol. The van der Waals surface area contributed by atoms with Crippen LogP contribution in [0.25, 0.3) is 0 Å². The summed E-state index contributed by atoms with van der Waals surface area (Å²) in [6.45, 7) is 16.9. The molecule has 0 aliphatic heterocycles. The first-order valence-electron chi connectivity index (χ1n) is 27.0. The van der Waals surface area contributed by atoms with E-state index < -0.39 is 0 Å². The van der Waals surface area contributed by atoms with Gasteiger partial charge in [0.25, 0.3) is 0 Å². The van der Waals surface area contributed by atoms with Gasteiger partial charge in [0, 0.05) is 32.5 Å². The number of fused-ring (bicyclic) bond motifs is 5. The zero-order valence-corrected chi connectivity index (χ0v) is 41.8. The molecule has 63 heavy (non-hydrogen) atoms. The second-order valence-corrected chi connectivity index (χ2v) is 21.8. The number of ether oxygens (including phenoxy) is 1. The molecule has 0 aromatic heterocycles. The SMILES string of the molecule is CCCCCCCC/C=C\CCCCCCCC(=O)N(CCCCNC(=O)O[C@H]1CC[C@@]2(C)C(=CC[C@H]3[C@@H]4CC[C@H]([C@H](C)CCCC(C)C)[C@@]4(C)CC[C@@H]32)C1)CC(=O)NCCCN. The highest BCUT2D eigenvalue weighted by Gasteiger charge is 2.59. The molecule has 0 aromatic carbocycles. The van der Waals surface area contributed by atoms with Gasteiger partial charge in [0.1, 0.15) is 6.10 Å². The van der Waals surface area contributed by atoms with E-state index in [-0.39, 0.29) is 36.0 Å². The van der Waals surface area contributed by atoms with Crippen molar-refractivity contribution in [2.24, 2.45) is 52.1 Å². The average molecular weight is 879 g/mol. The predicted octanol–water partition coefficient (Wildman–Crippen LogP) is 13.2. The first-order chi connectivity index (χ1) is 30.4. The Hall–Kier alpha value is -2.35. The van der Waals surface area contributed by atoms with Gasteiger partial charge in [0.15, 0.2) is 0 Å². The summed E-state index contributed by atoms with van der Waals surface area (Å²) in [4.78, 5) is 40.8. The van der Waals surface area contributed by atoms with E-state index >= 15 is 0 Å². The number of amides is 3. The summed E-state index contributed by atoms with van der Waals surface area (Å²) < 4.78 is 6.06. The van der Waals surface area contributed by atoms with Crippen LogP contribution in [0.4, 0.5) is 4.79 Å². The van der Waals surface area contributed by atoms with Gasteiger partial charge in [-0.3, -0.25) is 9.59 Å². The quantitative estimate of drug-likeness (QED) is 0.0474. The summed E-state index contributed by atoms with van der Waals surface area (Å²) in [7, 11) is 0. The molecule has 0 aromatic rings. The van der Waals surface area contributed by atoms with Gasteiger partial charge in [-0.05, 0) is 149 Å². The topological polar surface area (TPSA) is 114 Å². The van der Waals surface area contributed by atoms with Crippen LogP contribution in [0.2, 0.25) is 0 Å². The molecule has 0 heterocycles. The molecule has 0 spiro atoms. The number of allylic oxidation sites excluding steroid dienone is 3. The van der Waals surface area contributed by atoms with Crippen molar-refractivity contribution in [2.75, 3.05) is 32.7 Å². The summed E-state index contributed by atoms with van der Waals surface area (Å²) in [6, 6.07) is 0. The molecule has 4 aliphatic carbocycles. The van der Waals surface area contributed by atoms with Gasteiger partial charge >= 0.3 is 6.09 Å². The Morgan fingerprint density at radius 3 is 2.21 bits per heavy atom. The predicted molar refractivity (Wildman–Crippen MR) is 263 cm³/mol. The Morgan fingerprint density at radius 1 is 0.794 bits per heavy atom. The maximum atomic E-state index is 13.3. The molecule has 362 valence electrons. The highest BCUT2D eigenvalue weighted by Crippen LogP contribution is 2.67. The Bertz CT molecular complexity index is 1400. The Labute approximate surface area is 387 Å². The minimum absolute atomic E-state index is 0.0402. The maximum absolute atomic E-state index is 13.3. The Morgan fingerprint density at radius 2 is 1.49 bits per heavy atom. The van der Waals surface area contributed by atoms with Gasteiger partial charge in [0.2, 0.25) is 11.8 Å². The van der Waals surface area contributed by atoms with Crippen LogP contribution >= 0.6 is 0 Å². The minimum Gasteiger partial charge on any atom is -0.446 e. The van der Waals surface area contributed by atoms with Crippen LogP contribution in [-0.4, -0.2) is 61.6 Å². The Balaban J connectivity index is 1.13. The van der Waals surface area contributed by atoms with E-state index in [2.05, 4.69) is 70.4 Å². The first-order valence-corrected chi connectivity index (χ1v) is 27.0. The number of rotatable bonds is 31. The fourth-order valence-corrected chi connectivity index (χ4v) is 12.9. The summed E-state index contributed by atoms with van der Waals surface area (Å²) >= 11 is 0. The van der Waals surface area contributed by atoms with Gasteiger partial charge < -0.3 is 26.0 Å². The smallest absolute Gasteiger partial charge is 0.407 e. The van der Waals surface area contributed by atoms with Crippen LogP contribution in [0.3, 0.4) is 0 Å². The van der Waals surface area contributed by atoms with Crippen LogP contribution < -0.4 is 16.4 Å². The lowest BCUT2D eigenvalue weighted by atomic mass is 9.47. The van der Waals surface area contributed by atoms with Crippen LogP contribution in [0.15, 0.2) is 23.8 Å². The lowest BCUT2D eigenvalue weighted by molar-refractivity contribution is -0.136. The molecule has 0 saturated heterocycles. The van der Waals surface area contributed by atoms with Gasteiger partial charge in [-0.25, -0.2) is 4.79 Å². The van der Waals surface area contributed by atoms with Gasteiger partial charge in [0.05, 0.1) is 6.54 Å². The molecule has 4 N–H and O–H groups in total. The average Bonchev–Trinajstić information content (AvgIpc) is 3.61. The summed E-state index contributed by atoms with van der Waals surface area (Å²) in [6.07, 6.45) is 39.2. The standard InChI is InChI=1S/C55H98N4O4/c1-7-8-9-10-11-12-13-14-15-16-17-18-19-20-21-28-52(61)59(42-51(60)57-39-25-37-56)40-23-22-38-58-53(62)63-46-33-35-54(5)45(41-46)29-30-47-49-32-31-48(44(4)27-24-26-43(2)3)55(49,6)36-34-50(47)54/h14-15,29,43-44,46-50H,7-13,16-28,30-42,56H2,1-6H3,(H,57,60)(H,58,62)/b15-14-/t44-,46+,47+,48-,49+,50+,54+,55-/m1/s1. The summed E-state index contributed by atoms with van der Waals surface area (Å²) in [5, 5.41) is 5.91. The fourth-order valence-electron chi connectivity index (χ4n) is 12.9. The van der Waals surface area contributed by atoms with Crippen molar-refractivity contribution in [3.63, 3.8) is 0 Å². The molecule has 0 bridgehead atoms. The minimum atomic E-state index is -0.331. The third-order valence-corrected chi connectivity index (χ3v) is 16.7. The van der Waals surface area contributed by atoms with Crippen LogP contribution in [0, 0.1) is 46.3 Å². The number of nitrogens with one attached hydrogen (secondary N) is 2. The zero-order chi connectivity index (χ0) is 45.5. The van der Waals surface area contributed by atoms with Crippen LogP contribution in [0.1, 0.15) is 221 Å². The molecule has 4 rings (SSSR count). The molecule has 0 unspecified atom stereocenters.